The Hall–Kier alpha value is -3.85. The van der Waals surface area contributed by atoms with Gasteiger partial charge in [0, 0.05) is 24.0 Å². The molecule has 2 heterocycles. The molecule has 0 saturated heterocycles. The predicted octanol–water partition coefficient (Wildman–Crippen LogP) is 4.13. The molecule has 0 atom stereocenters. The van der Waals surface area contributed by atoms with Crippen molar-refractivity contribution < 1.29 is 13.6 Å². The highest BCUT2D eigenvalue weighted by molar-refractivity contribution is 6.11. The molecule has 164 valence electrons. The summed E-state index contributed by atoms with van der Waals surface area (Å²) < 4.78 is 27.8. The highest BCUT2D eigenvalue weighted by Gasteiger charge is 2.17. The first kappa shape index (κ1) is 21.4. The van der Waals surface area contributed by atoms with Crippen LogP contribution in [0.3, 0.4) is 0 Å². The van der Waals surface area contributed by atoms with Crippen LogP contribution in [0.15, 0.2) is 54.7 Å². The lowest BCUT2D eigenvalue weighted by Crippen LogP contribution is -2.21. The van der Waals surface area contributed by atoms with Crippen molar-refractivity contribution in [1.29, 1.82) is 0 Å². The number of hydrogen-bond acceptors (Lipinski definition) is 5. The second kappa shape index (κ2) is 9.11. The maximum Gasteiger partial charge on any atom is 0.276 e. The van der Waals surface area contributed by atoms with Gasteiger partial charge in [-0.05, 0) is 50.0 Å². The molecule has 0 spiro atoms. The number of carbonyl (C=O) groups excluding carboxylic acids is 1. The van der Waals surface area contributed by atoms with Gasteiger partial charge in [-0.2, -0.15) is 5.10 Å². The molecule has 0 radical (unpaired) electrons. The van der Waals surface area contributed by atoms with Crippen molar-refractivity contribution in [3.8, 4) is 11.1 Å². The molecule has 0 aliphatic heterocycles. The van der Waals surface area contributed by atoms with Gasteiger partial charge in [0.15, 0.2) is 17.3 Å². The Balaban J connectivity index is 1.53. The quantitative estimate of drug-likeness (QED) is 0.406. The van der Waals surface area contributed by atoms with Gasteiger partial charge in [0.2, 0.25) is 0 Å². The van der Waals surface area contributed by atoms with Gasteiger partial charge in [-0.1, -0.05) is 18.2 Å². The molecule has 3 N–H and O–H groups in total. The predicted molar refractivity (Wildman–Crippen MR) is 121 cm³/mol. The maximum absolute atomic E-state index is 14.2. The van der Waals surface area contributed by atoms with Crippen LogP contribution in [0, 0.1) is 11.6 Å². The number of benzene rings is 2. The number of nitrogens with zero attached hydrogens (tertiary/aromatic N) is 3. The molecule has 4 rings (SSSR count). The van der Waals surface area contributed by atoms with Crippen LogP contribution in [0.2, 0.25) is 0 Å². The number of anilines is 2. The molecule has 7 nitrogen and oxygen atoms in total. The summed E-state index contributed by atoms with van der Waals surface area (Å²) in [5, 5.41) is 13.4. The third kappa shape index (κ3) is 4.57. The number of H-pyrrole nitrogens is 1. The SMILES string of the molecule is CN(C)CCNc1ccc(NC(=O)c2n[nH]c3ccc(-c4cccc(F)c4F)cc23)cn1. The summed E-state index contributed by atoms with van der Waals surface area (Å²) in [7, 11) is 3.98. The average Bonchev–Trinajstić information content (AvgIpc) is 3.20. The van der Waals surface area contributed by atoms with Crippen LogP contribution in [-0.2, 0) is 0 Å². The highest BCUT2D eigenvalue weighted by atomic mass is 19.2. The number of rotatable bonds is 7. The second-order valence-corrected chi connectivity index (χ2v) is 7.55. The Kier molecular flexibility index (Phi) is 6.09. The van der Waals surface area contributed by atoms with Crippen molar-refractivity contribution in [3.63, 3.8) is 0 Å². The lowest BCUT2D eigenvalue weighted by atomic mass is 10.0. The number of fused-ring (bicyclic) bond motifs is 1. The van der Waals surface area contributed by atoms with Crippen molar-refractivity contribution in [3.05, 3.63) is 72.1 Å². The van der Waals surface area contributed by atoms with Crippen molar-refractivity contribution in [2.75, 3.05) is 37.8 Å². The Morgan fingerprint density at radius 3 is 2.72 bits per heavy atom. The summed E-state index contributed by atoms with van der Waals surface area (Å²) in [5.41, 5.74) is 1.82. The number of hydrogen-bond donors (Lipinski definition) is 3. The van der Waals surface area contributed by atoms with Crippen molar-refractivity contribution in [2.24, 2.45) is 0 Å². The van der Waals surface area contributed by atoms with E-state index in [9.17, 15) is 13.6 Å². The summed E-state index contributed by atoms with van der Waals surface area (Å²) in [4.78, 5) is 19.2. The average molecular weight is 436 g/mol. The summed E-state index contributed by atoms with van der Waals surface area (Å²) >= 11 is 0. The number of likely N-dealkylation sites (N-methyl/N-ethyl adjacent to an activating group) is 1. The highest BCUT2D eigenvalue weighted by Crippen LogP contribution is 2.28. The monoisotopic (exact) mass is 436 g/mol. The Morgan fingerprint density at radius 1 is 1.12 bits per heavy atom. The zero-order valence-corrected chi connectivity index (χ0v) is 17.6. The number of halogens is 2. The van der Waals surface area contributed by atoms with Crippen molar-refractivity contribution in [2.45, 2.75) is 0 Å². The number of nitrogens with one attached hydrogen (secondary N) is 3. The molecule has 0 saturated carbocycles. The van der Waals surface area contributed by atoms with Crippen LogP contribution in [0.1, 0.15) is 10.5 Å². The van der Waals surface area contributed by atoms with Crippen LogP contribution in [0.5, 0.6) is 0 Å². The molecule has 2 aromatic carbocycles. The van der Waals surface area contributed by atoms with E-state index in [2.05, 4.69) is 30.7 Å². The summed E-state index contributed by atoms with van der Waals surface area (Å²) in [6, 6.07) is 12.4. The molecular formula is C23H22F2N6O. The molecule has 0 bridgehead atoms. The van der Waals surface area contributed by atoms with Gasteiger partial charge in [0.05, 0.1) is 17.4 Å². The van der Waals surface area contributed by atoms with E-state index >= 15 is 0 Å². The van der Waals surface area contributed by atoms with E-state index in [0.717, 1.165) is 19.2 Å². The van der Waals surface area contributed by atoms with Crippen molar-refractivity contribution in [1.82, 2.24) is 20.1 Å². The number of carbonyl (C=O) groups is 1. The summed E-state index contributed by atoms with van der Waals surface area (Å²) in [6.45, 7) is 1.62. The van der Waals surface area contributed by atoms with Crippen LogP contribution >= 0.6 is 0 Å². The molecule has 9 heteroatoms. The van der Waals surface area contributed by atoms with Crippen LogP contribution < -0.4 is 10.6 Å². The number of amides is 1. The Labute approximate surface area is 183 Å². The van der Waals surface area contributed by atoms with E-state index in [1.165, 1.54) is 12.1 Å². The number of pyridine rings is 1. The smallest absolute Gasteiger partial charge is 0.276 e. The summed E-state index contributed by atoms with van der Waals surface area (Å²) in [6.07, 6.45) is 1.55. The largest absolute Gasteiger partial charge is 0.369 e. The first-order chi connectivity index (χ1) is 15.4. The van der Waals surface area contributed by atoms with E-state index in [-0.39, 0.29) is 11.3 Å². The van der Waals surface area contributed by atoms with E-state index in [1.54, 1.807) is 36.5 Å². The minimum atomic E-state index is -0.938. The van der Waals surface area contributed by atoms with Gasteiger partial charge in [0.1, 0.15) is 5.82 Å². The van der Waals surface area contributed by atoms with Gasteiger partial charge in [-0.3, -0.25) is 9.89 Å². The van der Waals surface area contributed by atoms with Crippen LogP contribution in [-0.4, -0.2) is 53.2 Å². The summed E-state index contributed by atoms with van der Waals surface area (Å²) in [5.74, 6) is -1.60. The van der Waals surface area contributed by atoms with Crippen LogP contribution in [0.4, 0.5) is 20.3 Å². The Bertz CT molecular complexity index is 1250. The van der Waals surface area contributed by atoms with Gasteiger partial charge < -0.3 is 15.5 Å². The zero-order chi connectivity index (χ0) is 22.7. The first-order valence-corrected chi connectivity index (χ1v) is 10.0. The molecule has 2 aromatic heterocycles. The minimum absolute atomic E-state index is 0.112. The molecule has 0 fully saturated rings. The molecule has 32 heavy (non-hydrogen) atoms. The van der Waals surface area contributed by atoms with Gasteiger partial charge in [-0.25, -0.2) is 13.8 Å². The molecular weight excluding hydrogens is 414 g/mol. The third-order valence-corrected chi connectivity index (χ3v) is 4.93. The molecule has 1 amide bonds. The number of aromatic amines is 1. The molecule has 4 aromatic rings. The topological polar surface area (TPSA) is 85.9 Å². The van der Waals surface area contributed by atoms with E-state index in [1.807, 2.05) is 14.1 Å². The lowest BCUT2D eigenvalue weighted by molar-refractivity contribution is 0.102. The molecule has 0 aliphatic carbocycles. The fourth-order valence-corrected chi connectivity index (χ4v) is 3.25. The van der Waals surface area contributed by atoms with Crippen LogP contribution in [0.25, 0.3) is 22.0 Å². The normalized spacial score (nSPS) is 11.2. The lowest BCUT2D eigenvalue weighted by Gasteiger charge is -2.11. The maximum atomic E-state index is 14.2. The van der Waals surface area contributed by atoms with Gasteiger partial charge in [0.25, 0.3) is 5.91 Å². The number of aromatic nitrogens is 3. The fourth-order valence-electron chi connectivity index (χ4n) is 3.25. The van der Waals surface area contributed by atoms with E-state index in [0.29, 0.717) is 28.0 Å². The first-order valence-electron chi connectivity index (χ1n) is 10.0. The minimum Gasteiger partial charge on any atom is -0.369 e. The van der Waals surface area contributed by atoms with E-state index in [4.69, 9.17) is 0 Å². The zero-order valence-electron chi connectivity index (χ0n) is 17.6. The third-order valence-electron chi connectivity index (χ3n) is 4.93. The second-order valence-electron chi connectivity index (χ2n) is 7.55. The van der Waals surface area contributed by atoms with Crippen molar-refractivity contribution >= 4 is 28.3 Å². The Morgan fingerprint density at radius 2 is 1.97 bits per heavy atom. The molecule has 0 aliphatic rings. The standard InChI is InChI=1S/C23H22F2N6O/c1-31(2)11-10-26-20-9-7-15(13-27-20)28-23(32)22-17-12-14(6-8-19(17)29-30-22)16-4-3-5-18(24)21(16)25/h3-9,12-13H,10-11H2,1-2H3,(H,26,27)(H,28,32)(H,29,30). The fraction of sp³-hybridized carbons (Fsp3) is 0.174. The van der Waals surface area contributed by atoms with Gasteiger partial charge in [-0.15, -0.1) is 0 Å². The molecule has 0 unspecified atom stereocenters. The van der Waals surface area contributed by atoms with E-state index < -0.39 is 17.5 Å². The van der Waals surface area contributed by atoms with Gasteiger partial charge >= 0.3 is 0 Å².